The third-order valence-corrected chi connectivity index (χ3v) is 31.2. The molecule has 0 N–H and O–H groups in total. The molecule has 46 heavy (non-hydrogen) atoms. The van der Waals surface area contributed by atoms with E-state index >= 15 is 0 Å². The van der Waals surface area contributed by atoms with Crippen LogP contribution in [0.3, 0.4) is 0 Å². The van der Waals surface area contributed by atoms with Gasteiger partial charge in [-0.15, -0.1) is 0 Å². The first-order chi connectivity index (χ1) is 22.8. The van der Waals surface area contributed by atoms with Gasteiger partial charge in [0, 0.05) is 0 Å². The van der Waals surface area contributed by atoms with Crippen LogP contribution in [0.5, 0.6) is 11.5 Å². The molecule has 0 aromatic heterocycles. The van der Waals surface area contributed by atoms with E-state index in [1.54, 1.807) is 0 Å². The summed E-state index contributed by atoms with van der Waals surface area (Å²) < 4.78 is 22.3. The standard InChI is InChI=1S/C6H6O2.6C6H5.2Sn/c7-5-1-2-6(8)4-3-5;6*1-2-4-6-5-3-1;;/h1-4,7-8H;6*1-5H;;/q;;;;;;;2*+1/p-2. The van der Waals surface area contributed by atoms with E-state index in [1.807, 2.05) is 0 Å². The molecule has 2 nitrogen and oxygen atoms in total. The van der Waals surface area contributed by atoms with Gasteiger partial charge in [0.15, 0.2) is 0 Å². The van der Waals surface area contributed by atoms with Crippen molar-refractivity contribution in [3.8, 4) is 11.5 Å². The Kier molecular flexibility index (Phi) is 9.26. The normalized spacial score (nSPS) is 11.5. The van der Waals surface area contributed by atoms with Gasteiger partial charge < -0.3 is 0 Å². The van der Waals surface area contributed by atoms with Crippen molar-refractivity contribution in [2.45, 2.75) is 0 Å². The first kappa shape index (κ1) is 30.4. The second-order valence-electron chi connectivity index (χ2n) is 11.2. The fourth-order valence-corrected chi connectivity index (χ4v) is 28.2. The van der Waals surface area contributed by atoms with Gasteiger partial charge in [0.25, 0.3) is 0 Å². The predicted octanol–water partition coefficient (Wildman–Crippen LogP) is 5.78. The predicted molar refractivity (Wildman–Crippen MR) is 196 cm³/mol. The Balaban J connectivity index is 1.33. The maximum atomic E-state index is 7.37. The fraction of sp³-hybridized carbons (Fsp3) is 0. The molecule has 0 saturated carbocycles. The molecule has 0 saturated heterocycles. The topological polar surface area (TPSA) is 18.5 Å². The Bertz CT molecular complexity index is 1610. The summed E-state index contributed by atoms with van der Waals surface area (Å²) in [6, 6.07) is 73.1. The monoisotopic (exact) mass is 810 g/mol. The van der Waals surface area contributed by atoms with Gasteiger partial charge in [-0.1, -0.05) is 0 Å². The van der Waals surface area contributed by atoms with Gasteiger partial charge in [-0.2, -0.15) is 0 Å². The Morgan fingerprint density at radius 2 is 0.391 bits per heavy atom. The van der Waals surface area contributed by atoms with Crippen LogP contribution in [0.25, 0.3) is 0 Å². The van der Waals surface area contributed by atoms with Crippen LogP contribution in [0.4, 0.5) is 0 Å². The molecular formula is C42H34O2Sn2. The van der Waals surface area contributed by atoms with Crippen LogP contribution in [0.2, 0.25) is 0 Å². The molecule has 0 spiro atoms. The number of benzene rings is 7. The van der Waals surface area contributed by atoms with Gasteiger partial charge in [0.2, 0.25) is 0 Å². The molecule has 0 fully saturated rings. The van der Waals surface area contributed by atoms with E-state index in [2.05, 4.69) is 206 Å². The van der Waals surface area contributed by atoms with Crippen molar-refractivity contribution >= 4 is 59.1 Å². The molecule has 0 amide bonds. The van der Waals surface area contributed by atoms with Crippen molar-refractivity contribution < 1.29 is 6.15 Å². The number of hydrogen-bond donors (Lipinski definition) is 0. The second kappa shape index (κ2) is 14.0. The molecule has 7 rings (SSSR count). The van der Waals surface area contributed by atoms with E-state index < -0.39 is 37.6 Å². The van der Waals surface area contributed by atoms with Gasteiger partial charge in [-0.05, 0) is 0 Å². The minimum absolute atomic E-state index is 0.847. The summed E-state index contributed by atoms with van der Waals surface area (Å²) in [5, 5.41) is 0. The van der Waals surface area contributed by atoms with Crippen molar-refractivity contribution in [1.82, 2.24) is 0 Å². The van der Waals surface area contributed by atoms with Crippen LogP contribution >= 0.6 is 0 Å². The van der Waals surface area contributed by atoms with Crippen LogP contribution in [0.1, 0.15) is 0 Å². The summed E-state index contributed by atoms with van der Waals surface area (Å²) in [6.07, 6.45) is 0. The zero-order valence-corrected chi connectivity index (χ0v) is 31.2. The molecule has 0 unspecified atom stereocenters. The number of hydrogen-bond acceptors (Lipinski definition) is 2. The Labute approximate surface area is 280 Å². The first-order valence-corrected chi connectivity index (χ1v) is 26.5. The average Bonchev–Trinajstić information content (AvgIpc) is 3.16. The van der Waals surface area contributed by atoms with E-state index in [4.69, 9.17) is 6.15 Å². The zero-order chi connectivity index (χ0) is 31.1. The Morgan fingerprint density at radius 3 is 0.565 bits per heavy atom. The van der Waals surface area contributed by atoms with E-state index in [1.165, 1.54) is 21.5 Å². The van der Waals surface area contributed by atoms with Crippen LogP contribution in [-0.4, -0.2) is 37.6 Å². The summed E-state index contributed by atoms with van der Waals surface area (Å²) in [5.74, 6) is 1.69. The summed E-state index contributed by atoms with van der Waals surface area (Å²) in [4.78, 5) is 0. The molecule has 0 radical (unpaired) electrons. The molecule has 0 aliphatic heterocycles. The quantitative estimate of drug-likeness (QED) is 0.164. The van der Waals surface area contributed by atoms with Crippen LogP contribution in [-0.2, 0) is 0 Å². The van der Waals surface area contributed by atoms with E-state index in [-0.39, 0.29) is 0 Å². The summed E-state index contributed by atoms with van der Waals surface area (Å²) in [6.45, 7) is 0. The molecule has 7 aromatic rings. The third kappa shape index (κ3) is 5.99. The van der Waals surface area contributed by atoms with Gasteiger partial charge in [-0.25, -0.2) is 0 Å². The molecular weight excluding hydrogens is 774 g/mol. The van der Waals surface area contributed by atoms with Crippen molar-refractivity contribution in [3.05, 3.63) is 206 Å². The van der Waals surface area contributed by atoms with E-state index in [0.29, 0.717) is 0 Å². The van der Waals surface area contributed by atoms with Gasteiger partial charge in [-0.3, -0.25) is 0 Å². The second-order valence-corrected chi connectivity index (χ2v) is 30.1. The third-order valence-electron chi connectivity index (χ3n) is 8.45. The fourth-order valence-electron chi connectivity index (χ4n) is 6.32. The Morgan fingerprint density at radius 1 is 0.217 bits per heavy atom. The molecule has 0 aliphatic carbocycles. The molecule has 4 heteroatoms. The molecule has 7 aromatic carbocycles. The molecule has 0 aliphatic rings. The van der Waals surface area contributed by atoms with Crippen LogP contribution in [0, 0.1) is 0 Å². The summed E-state index contributed by atoms with van der Waals surface area (Å²) in [5.41, 5.74) is 0. The van der Waals surface area contributed by atoms with Crippen LogP contribution in [0.15, 0.2) is 206 Å². The molecule has 0 heterocycles. The zero-order valence-electron chi connectivity index (χ0n) is 25.4. The van der Waals surface area contributed by atoms with Crippen molar-refractivity contribution in [2.75, 3.05) is 0 Å². The molecule has 222 valence electrons. The first-order valence-electron chi connectivity index (χ1n) is 15.6. The van der Waals surface area contributed by atoms with Gasteiger partial charge in [0.1, 0.15) is 0 Å². The van der Waals surface area contributed by atoms with Crippen molar-refractivity contribution in [3.63, 3.8) is 0 Å². The molecule has 0 bridgehead atoms. The van der Waals surface area contributed by atoms with Crippen molar-refractivity contribution in [1.29, 1.82) is 0 Å². The maximum absolute atomic E-state index is 7.37. The number of rotatable bonds is 10. The summed E-state index contributed by atoms with van der Waals surface area (Å²) in [7, 11) is 0. The van der Waals surface area contributed by atoms with Gasteiger partial charge >= 0.3 is 283 Å². The van der Waals surface area contributed by atoms with E-state index in [0.717, 1.165) is 11.5 Å². The molecule has 0 atom stereocenters. The van der Waals surface area contributed by atoms with Gasteiger partial charge in [0.05, 0.1) is 0 Å². The minimum atomic E-state index is -3.97. The summed E-state index contributed by atoms with van der Waals surface area (Å²) >= 11 is -7.94. The van der Waals surface area contributed by atoms with Crippen LogP contribution < -0.4 is 27.6 Å². The average molecular weight is 808 g/mol. The SMILES string of the molecule is c1cc[c]([Sn]([O]c2ccc([O][Sn]([c]3ccccc3)([c]3ccccc3)[c]3ccccc3)cc2)([c]2ccccc2)[c]2ccccc2)cc1. The van der Waals surface area contributed by atoms with E-state index in [9.17, 15) is 0 Å². The Hall–Kier alpha value is -4.26. The van der Waals surface area contributed by atoms with Crippen molar-refractivity contribution in [2.24, 2.45) is 0 Å².